The van der Waals surface area contributed by atoms with Crippen molar-refractivity contribution in [3.63, 3.8) is 0 Å². The number of oxazole rings is 1. The van der Waals surface area contributed by atoms with E-state index in [1.54, 1.807) is 0 Å². The molecule has 0 saturated carbocycles. The lowest BCUT2D eigenvalue weighted by Crippen LogP contribution is -2.31. The van der Waals surface area contributed by atoms with Crippen LogP contribution in [0.1, 0.15) is 30.2 Å². The molecule has 1 fully saturated rings. The Morgan fingerprint density at radius 3 is 2.93 bits per heavy atom. The fourth-order valence-electron chi connectivity index (χ4n) is 2.28. The van der Waals surface area contributed by atoms with Gasteiger partial charge in [0, 0.05) is 19.5 Å². The quantitative estimate of drug-likeness (QED) is 0.807. The van der Waals surface area contributed by atoms with Gasteiger partial charge in [-0.2, -0.15) is 4.98 Å². The Kier molecular flexibility index (Phi) is 2.95. The number of aromatic nitrogens is 1. The topological polar surface area (TPSA) is 41.3 Å². The summed E-state index contributed by atoms with van der Waals surface area (Å²) in [5.41, 5.74) is 1.13. The van der Waals surface area contributed by atoms with Gasteiger partial charge in [0.05, 0.1) is 5.69 Å². The van der Waals surface area contributed by atoms with Crippen LogP contribution in [0.4, 0.5) is 6.01 Å². The molecule has 0 aromatic carbocycles. The monoisotopic (exact) mass is 209 g/mol. The van der Waals surface area contributed by atoms with E-state index in [9.17, 15) is 0 Å². The van der Waals surface area contributed by atoms with E-state index in [0.717, 1.165) is 18.0 Å². The highest BCUT2D eigenvalue weighted by Crippen LogP contribution is 2.29. The number of likely N-dealkylation sites (tertiary alicyclic amines) is 1. The molecule has 1 aromatic heterocycles. The van der Waals surface area contributed by atoms with Crippen molar-refractivity contribution in [3.8, 4) is 0 Å². The van der Waals surface area contributed by atoms with Crippen LogP contribution < -0.4 is 5.32 Å². The summed E-state index contributed by atoms with van der Waals surface area (Å²) < 4.78 is 5.51. The highest BCUT2D eigenvalue weighted by Gasteiger charge is 2.24. The number of hydrogen-bond donors (Lipinski definition) is 1. The lowest BCUT2D eigenvalue weighted by Gasteiger charge is -2.28. The zero-order valence-corrected chi connectivity index (χ0v) is 9.71. The highest BCUT2D eigenvalue weighted by molar-refractivity contribution is 5.26. The van der Waals surface area contributed by atoms with Crippen molar-refractivity contribution in [2.45, 2.75) is 25.7 Å². The third-order valence-corrected chi connectivity index (χ3v) is 3.06. The van der Waals surface area contributed by atoms with Gasteiger partial charge in [-0.1, -0.05) is 0 Å². The van der Waals surface area contributed by atoms with Gasteiger partial charge in [-0.05, 0) is 33.4 Å². The van der Waals surface area contributed by atoms with Crippen LogP contribution in [0.15, 0.2) is 4.42 Å². The molecule has 1 saturated heterocycles. The van der Waals surface area contributed by atoms with E-state index >= 15 is 0 Å². The molecule has 84 valence electrons. The summed E-state index contributed by atoms with van der Waals surface area (Å²) in [6.07, 6.45) is 2.48. The molecule has 1 N–H and O–H groups in total. The van der Waals surface area contributed by atoms with E-state index in [4.69, 9.17) is 4.42 Å². The van der Waals surface area contributed by atoms with Crippen molar-refractivity contribution in [2.24, 2.45) is 0 Å². The molecule has 1 atom stereocenters. The number of likely N-dealkylation sites (N-methyl/N-ethyl adjacent to an activating group) is 1. The first-order valence-corrected chi connectivity index (χ1v) is 5.54. The Bertz CT molecular complexity index is 335. The van der Waals surface area contributed by atoms with Crippen LogP contribution >= 0.6 is 0 Å². The van der Waals surface area contributed by atoms with E-state index < -0.39 is 0 Å². The van der Waals surface area contributed by atoms with Gasteiger partial charge in [0.15, 0.2) is 0 Å². The summed E-state index contributed by atoms with van der Waals surface area (Å²) in [7, 11) is 4.00. The van der Waals surface area contributed by atoms with Gasteiger partial charge in [0.1, 0.15) is 5.76 Å². The average molecular weight is 209 g/mol. The molecule has 0 aliphatic carbocycles. The number of rotatable bonds is 2. The molecule has 1 aliphatic rings. The van der Waals surface area contributed by atoms with Gasteiger partial charge in [-0.15, -0.1) is 0 Å². The molecule has 2 heterocycles. The average Bonchev–Trinajstić information content (AvgIpc) is 2.60. The molecule has 1 aromatic rings. The Labute approximate surface area is 90.7 Å². The van der Waals surface area contributed by atoms with Crippen molar-refractivity contribution in [1.29, 1.82) is 0 Å². The first-order valence-electron chi connectivity index (χ1n) is 5.54. The first-order chi connectivity index (χ1) is 7.20. The molecule has 0 radical (unpaired) electrons. The van der Waals surface area contributed by atoms with Gasteiger partial charge >= 0.3 is 0 Å². The Morgan fingerprint density at radius 1 is 1.53 bits per heavy atom. The fraction of sp³-hybridized carbons (Fsp3) is 0.727. The summed E-state index contributed by atoms with van der Waals surface area (Å²) in [5.74, 6) is 1.49. The molecule has 0 amide bonds. The number of nitrogens with zero attached hydrogens (tertiary/aromatic N) is 2. The van der Waals surface area contributed by atoms with Crippen LogP contribution in [0.25, 0.3) is 0 Å². The Hall–Kier alpha value is -1.03. The number of aryl methyl sites for hydroxylation is 1. The smallest absolute Gasteiger partial charge is 0.294 e. The maximum absolute atomic E-state index is 5.51. The van der Waals surface area contributed by atoms with E-state index in [-0.39, 0.29) is 0 Å². The highest BCUT2D eigenvalue weighted by atomic mass is 16.4. The zero-order valence-electron chi connectivity index (χ0n) is 9.71. The van der Waals surface area contributed by atoms with Crippen LogP contribution in [-0.2, 0) is 0 Å². The van der Waals surface area contributed by atoms with Crippen molar-refractivity contribution < 1.29 is 4.42 Å². The second-order valence-electron chi connectivity index (χ2n) is 4.31. The second kappa shape index (κ2) is 4.23. The minimum absolute atomic E-state index is 0.537. The van der Waals surface area contributed by atoms with E-state index in [0.29, 0.717) is 11.9 Å². The van der Waals surface area contributed by atoms with E-state index in [1.165, 1.54) is 19.4 Å². The Morgan fingerprint density at radius 2 is 2.33 bits per heavy atom. The van der Waals surface area contributed by atoms with Crippen molar-refractivity contribution in [2.75, 3.05) is 32.5 Å². The van der Waals surface area contributed by atoms with Crippen LogP contribution in [-0.4, -0.2) is 37.1 Å². The normalized spacial score (nSPS) is 23.0. The fourth-order valence-corrected chi connectivity index (χ4v) is 2.28. The predicted octanol–water partition coefficient (Wildman–Crippen LogP) is 1.83. The summed E-state index contributed by atoms with van der Waals surface area (Å²) in [5, 5.41) is 2.95. The predicted molar refractivity (Wildman–Crippen MR) is 60.3 cm³/mol. The number of nitrogens with one attached hydrogen (secondary N) is 1. The minimum Gasteiger partial charge on any atom is -0.429 e. The number of hydrogen-bond acceptors (Lipinski definition) is 4. The minimum atomic E-state index is 0.537. The molecule has 15 heavy (non-hydrogen) atoms. The molecule has 4 heteroatoms. The Balaban J connectivity index is 2.16. The molecule has 1 unspecified atom stereocenters. The van der Waals surface area contributed by atoms with Crippen molar-refractivity contribution in [1.82, 2.24) is 9.88 Å². The SMILES string of the molecule is CNc1nc(C2CCCN(C)C2)c(C)o1. The molecule has 4 nitrogen and oxygen atoms in total. The molecular formula is C11H19N3O. The van der Waals surface area contributed by atoms with Crippen LogP contribution in [0.5, 0.6) is 0 Å². The van der Waals surface area contributed by atoms with Crippen LogP contribution in [0.3, 0.4) is 0 Å². The largest absolute Gasteiger partial charge is 0.429 e. The van der Waals surface area contributed by atoms with E-state index in [2.05, 4.69) is 22.2 Å². The van der Waals surface area contributed by atoms with Crippen LogP contribution in [0, 0.1) is 6.92 Å². The van der Waals surface area contributed by atoms with Crippen molar-refractivity contribution >= 4 is 6.01 Å². The maximum Gasteiger partial charge on any atom is 0.294 e. The number of anilines is 1. The van der Waals surface area contributed by atoms with Gasteiger partial charge in [-0.3, -0.25) is 0 Å². The molecular weight excluding hydrogens is 190 g/mol. The molecule has 0 spiro atoms. The molecule has 2 rings (SSSR count). The molecule has 0 bridgehead atoms. The zero-order chi connectivity index (χ0) is 10.8. The van der Waals surface area contributed by atoms with Gasteiger partial charge in [0.2, 0.25) is 0 Å². The third-order valence-electron chi connectivity index (χ3n) is 3.06. The standard InChI is InChI=1S/C11H19N3O/c1-8-10(13-11(12-2)15-8)9-5-4-6-14(3)7-9/h9H,4-7H2,1-3H3,(H,12,13). The number of piperidine rings is 1. The van der Waals surface area contributed by atoms with E-state index in [1.807, 2.05) is 14.0 Å². The lowest BCUT2D eigenvalue weighted by molar-refractivity contribution is 0.247. The van der Waals surface area contributed by atoms with Gasteiger partial charge in [0.25, 0.3) is 6.01 Å². The van der Waals surface area contributed by atoms with Gasteiger partial charge in [-0.25, -0.2) is 0 Å². The summed E-state index contributed by atoms with van der Waals surface area (Å²) in [6, 6.07) is 0.635. The lowest BCUT2D eigenvalue weighted by atomic mass is 9.94. The van der Waals surface area contributed by atoms with Crippen molar-refractivity contribution in [3.05, 3.63) is 11.5 Å². The maximum atomic E-state index is 5.51. The first kappa shape index (κ1) is 10.5. The molecule has 1 aliphatic heterocycles. The third kappa shape index (κ3) is 2.15. The van der Waals surface area contributed by atoms with Crippen LogP contribution in [0.2, 0.25) is 0 Å². The summed E-state index contributed by atoms with van der Waals surface area (Å²) in [6.45, 7) is 4.29. The summed E-state index contributed by atoms with van der Waals surface area (Å²) in [4.78, 5) is 6.84. The van der Waals surface area contributed by atoms with Gasteiger partial charge < -0.3 is 14.6 Å². The second-order valence-corrected chi connectivity index (χ2v) is 4.31. The summed E-state index contributed by atoms with van der Waals surface area (Å²) >= 11 is 0.